The number of rotatable bonds is 4. The fraction of sp³-hybridized carbons (Fsp3) is 0.733. The van der Waals surface area contributed by atoms with Gasteiger partial charge in [0.25, 0.3) is 0 Å². The van der Waals surface area contributed by atoms with Crippen LogP contribution in [0.2, 0.25) is 0 Å². The molecule has 2 aliphatic rings. The van der Waals surface area contributed by atoms with Crippen molar-refractivity contribution in [3.8, 4) is 0 Å². The van der Waals surface area contributed by atoms with Gasteiger partial charge in [-0.1, -0.05) is 13.3 Å². The van der Waals surface area contributed by atoms with Gasteiger partial charge in [-0.3, -0.25) is 0 Å². The molecule has 2 fully saturated rings. The highest BCUT2D eigenvalue weighted by molar-refractivity contribution is 7.13. The number of nitrogens with zero attached hydrogens (tertiary/aromatic N) is 1. The summed E-state index contributed by atoms with van der Waals surface area (Å²) in [5.74, 6) is 0.122. The molecule has 0 bridgehead atoms. The smallest absolute Gasteiger partial charge is 0.347 e. The van der Waals surface area contributed by atoms with Crippen molar-refractivity contribution in [2.45, 2.75) is 57.0 Å². The molecule has 1 heterocycles. The average Bonchev–Trinajstić information content (AvgIpc) is 3.16. The van der Waals surface area contributed by atoms with E-state index in [2.05, 4.69) is 6.92 Å². The van der Waals surface area contributed by atoms with Gasteiger partial charge in [-0.15, -0.1) is 11.3 Å². The second kappa shape index (κ2) is 5.11. The predicted molar refractivity (Wildman–Crippen MR) is 77.4 cm³/mol. The van der Waals surface area contributed by atoms with Crippen LogP contribution in [0.1, 0.15) is 71.7 Å². The second-order valence-electron chi connectivity index (χ2n) is 6.21. The van der Waals surface area contributed by atoms with Gasteiger partial charge in [-0.05, 0) is 38.0 Å². The maximum absolute atomic E-state index is 11.4. The molecule has 2 atom stereocenters. The fourth-order valence-electron chi connectivity index (χ4n) is 3.28. The number of carboxylic acids is 1. The SMILES string of the molecule is COC1(c2nc(C3CC3)c(C(=O)O)s2)CCCC(C)C1. The van der Waals surface area contributed by atoms with Crippen LogP contribution in [-0.4, -0.2) is 23.2 Å². The van der Waals surface area contributed by atoms with Crippen molar-refractivity contribution >= 4 is 17.3 Å². The molecule has 0 radical (unpaired) electrons. The Kier molecular flexibility index (Phi) is 3.58. The van der Waals surface area contributed by atoms with Gasteiger partial charge in [0.15, 0.2) is 0 Å². The number of carbonyl (C=O) groups is 1. The van der Waals surface area contributed by atoms with Gasteiger partial charge in [0, 0.05) is 13.0 Å². The van der Waals surface area contributed by atoms with Crippen LogP contribution in [0.15, 0.2) is 0 Å². The summed E-state index contributed by atoms with van der Waals surface area (Å²) in [6, 6.07) is 0. The molecular weight excluding hydrogens is 274 g/mol. The Bertz CT molecular complexity index is 523. The van der Waals surface area contributed by atoms with Crippen LogP contribution in [0.3, 0.4) is 0 Å². The van der Waals surface area contributed by atoms with Crippen LogP contribution in [0.25, 0.3) is 0 Å². The zero-order valence-corrected chi connectivity index (χ0v) is 12.8. The number of methoxy groups -OCH3 is 1. The summed E-state index contributed by atoms with van der Waals surface area (Å²) in [7, 11) is 1.73. The first-order valence-electron chi connectivity index (χ1n) is 7.35. The highest BCUT2D eigenvalue weighted by Crippen LogP contribution is 2.48. The molecule has 1 aromatic heterocycles. The van der Waals surface area contributed by atoms with Crippen LogP contribution in [-0.2, 0) is 10.3 Å². The summed E-state index contributed by atoms with van der Waals surface area (Å²) in [6.07, 6.45) is 6.37. The normalized spacial score (nSPS) is 30.4. The van der Waals surface area contributed by atoms with Gasteiger partial charge < -0.3 is 9.84 Å². The average molecular weight is 295 g/mol. The zero-order chi connectivity index (χ0) is 14.3. The first-order chi connectivity index (χ1) is 9.55. The number of ether oxygens (including phenoxy) is 1. The molecule has 20 heavy (non-hydrogen) atoms. The van der Waals surface area contributed by atoms with Crippen molar-refractivity contribution < 1.29 is 14.6 Å². The van der Waals surface area contributed by atoms with Crippen LogP contribution >= 0.6 is 11.3 Å². The Balaban J connectivity index is 1.99. The van der Waals surface area contributed by atoms with E-state index in [4.69, 9.17) is 9.72 Å². The lowest BCUT2D eigenvalue weighted by Crippen LogP contribution is -2.34. The Morgan fingerprint density at radius 1 is 1.45 bits per heavy atom. The highest BCUT2D eigenvalue weighted by Gasteiger charge is 2.42. The first kappa shape index (κ1) is 14.0. The molecule has 5 heteroatoms. The second-order valence-corrected chi connectivity index (χ2v) is 7.21. The van der Waals surface area contributed by atoms with Crippen molar-refractivity contribution in [1.29, 1.82) is 0 Å². The summed E-state index contributed by atoms with van der Waals surface area (Å²) in [6.45, 7) is 2.24. The molecule has 0 amide bonds. The van der Waals surface area contributed by atoms with Gasteiger partial charge in [-0.2, -0.15) is 0 Å². The first-order valence-corrected chi connectivity index (χ1v) is 8.17. The van der Waals surface area contributed by atoms with E-state index < -0.39 is 5.97 Å². The lowest BCUT2D eigenvalue weighted by atomic mass is 9.79. The predicted octanol–water partition coefficient (Wildman–Crippen LogP) is 3.77. The summed E-state index contributed by atoms with van der Waals surface area (Å²) in [4.78, 5) is 16.6. The van der Waals surface area contributed by atoms with Gasteiger partial charge in [0.1, 0.15) is 15.5 Å². The third kappa shape index (κ3) is 2.37. The maximum Gasteiger partial charge on any atom is 0.347 e. The standard InChI is InChI=1S/C15H21NO3S/c1-9-4-3-7-15(8-9,19-2)14-16-11(10-5-6-10)12(20-14)13(17)18/h9-10H,3-8H2,1-2H3,(H,17,18). The van der Waals surface area contributed by atoms with Crippen LogP contribution in [0, 0.1) is 5.92 Å². The summed E-state index contributed by atoms with van der Waals surface area (Å²) in [5.41, 5.74) is 0.437. The maximum atomic E-state index is 11.4. The van der Waals surface area contributed by atoms with Gasteiger partial charge in [-0.25, -0.2) is 9.78 Å². The molecule has 0 aromatic carbocycles. The van der Waals surface area contributed by atoms with Crippen LogP contribution in [0.4, 0.5) is 0 Å². The number of aromatic nitrogens is 1. The van der Waals surface area contributed by atoms with Crippen molar-refractivity contribution in [1.82, 2.24) is 4.98 Å². The van der Waals surface area contributed by atoms with E-state index in [0.717, 1.165) is 42.8 Å². The Hall–Kier alpha value is -0.940. The number of carboxylic acid groups (broad SMARTS) is 1. The molecule has 0 saturated heterocycles. The molecule has 0 spiro atoms. The molecule has 2 unspecified atom stereocenters. The molecule has 2 aliphatic carbocycles. The number of hydrogen-bond acceptors (Lipinski definition) is 4. The zero-order valence-electron chi connectivity index (χ0n) is 12.0. The van der Waals surface area contributed by atoms with E-state index in [1.165, 1.54) is 17.8 Å². The topological polar surface area (TPSA) is 59.4 Å². The van der Waals surface area contributed by atoms with Crippen molar-refractivity contribution in [2.75, 3.05) is 7.11 Å². The number of hydrogen-bond donors (Lipinski definition) is 1. The largest absolute Gasteiger partial charge is 0.477 e. The van der Waals surface area contributed by atoms with E-state index in [0.29, 0.717) is 16.7 Å². The Morgan fingerprint density at radius 2 is 2.20 bits per heavy atom. The quantitative estimate of drug-likeness (QED) is 0.918. The molecule has 4 nitrogen and oxygen atoms in total. The fourth-order valence-corrected chi connectivity index (χ4v) is 4.48. The number of aromatic carboxylic acids is 1. The third-order valence-electron chi connectivity index (χ3n) is 4.55. The Labute approximate surface area is 123 Å². The minimum Gasteiger partial charge on any atom is -0.477 e. The van der Waals surface area contributed by atoms with E-state index >= 15 is 0 Å². The minimum absolute atomic E-state index is 0.361. The molecule has 1 N–H and O–H groups in total. The Morgan fingerprint density at radius 3 is 2.75 bits per heavy atom. The van der Waals surface area contributed by atoms with Gasteiger partial charge in [0.05, 0.1) is 5.69 Å². The highest BCUT2D eigenvalue weighted by atomic mass is 32.1. The third-order valence-corrected chi connectivity index (χ3v) is 5.79. The van der Waals surface area contributed by atoms with Gasteiger partial charge >= 0.3 is 5.97 Å². The summed E-state index contributed by atoms with van der Waals surface area (Å²) >= 11 is 1.33. The van der Waals surface area contributed by atoms with E-state index in [-0.39, 0.29) is 5.60 Å². The molecule has 1 aromatic rings. The van der Waals surface area contributed by atoms with Crippen LogP contribution in [0.5, 0.6) is 0 Å². The van der Waals surface area contributed by atoms with E-state index in [1.807, 2.05) is 0 Å². The molecular formula is C15H21NO3S. The molecule has 2 saturated carbocycles. The van der Waals surface area contributed by atoms with E-state index in [9.17, 15) is 9.90 Å². The van der Waals surface area contributed by atoms with Gasteiger partial charge in [0.2, 0.25) is 0 Å². The van der Waals surface area contributed by atoms with E-state index in [1.54, 1.807) is 7.11 Å². The van der Waals surface area contributed by atoms with Crippen molar-refractivity contribution in [3.05, 3.63) is 15.6 Å². The summed E-state index contributed by atoms with van der Waals surface area (Å²) < 4.78 is 5.84. The minimum atomic E-state index is -0.842. The summed E-state index contributed by atoms with van der Waals surface area (Å²) in [5, 5.41) is 10.3. The number of thiazole rings is 1. The lowest BCUT2D eigenvalue weighted by molar-refractivity contribution is -0.0581. The monoisotopic (exact) mass is 295 g/mol. The molecule has 0 aliphatic heterocycles. The molecule has 3 rings (SSSR count). The molecule has 110 valence electrons. The van der Waals surface area contributed by atoms with Crippen LogP contribution < -0.4 is 0 Å². The lowest BCUT2D eigenvalue weighted by Gasteiger charge is -2.37. The van der Waals surface area contributed by atoms with Crippen molar-refractivity contribution in [3.63, 3.8) is 0 Å². The van der Waals surface area contributed by atoms with Crippen molar-refractivity contribution in [2.24, 2.45) is 5.92 Å².